The van der Waals surface area contributed by atoms with Crippen molar-refractivity contribution in [2.24, 2.45) is 23.2 Å². The van der Waals surface area contributed by atoms with Gasteiger partial charge in [0.2, 0.25) is 0 Å². The zero-order valence-corrected chi connectivity index (χ0v) is 11.8. The lowest BCUT2D eigenvalue weighted by Gasteiger charge is -2.47. The third kappa shape index (κ3) is 2.15. The van der Waals surface area contributed by atoms with Crippen LogP contribution in [0.4, 0.5) is 4.79 Å². The molecule has 4 rings (SSSR count). The minimum atomic E-state index is 0.0841. The highest BCUT2D eigenvalue weighted by molar-refractivity contribution is 5.74. The van der Waals surface area contributed by atoms with Gasteiger partial charge in [-0.25, -0.2) is 4.79 Å². The van der Waals surface area contributed by atoms with E-state index in [1.807, 2.05) is 0 Å². The van der Waals surface area contributed by atoms with Crippen LogP contribution in [0.25, 0.3) is 0 Å². The number of rotatable bonds is 3. The molecule has 0 radical (unpaired) electrons. The lowest BCUT2D eigenvalue weighted by Crippen LogP contribution is -2.46. The fraction of sp³-hybridized carbons (Fsp3) is 0.938. The van der Waals surface area contributed by atoms with Gasteiger partial charge in [-0.1, -0.05) is 6.42 Å². The first-order valence-electron chi connectivity index (χ1n) is 8.30. The molecule has 0 aromatic carbocycles. The summed E-state index contributed by atoms with van der Waals surface area (Å²) in [5.74, 6) is 2.75. The Morgan fingerprint density at radius 2 is 1.68 bits per heavy atom. The Kier molecular flexibility index (Phi) is 2.78. The van der Waals surface area contributed by atoms with Gasteiger partial charge >= 0.3 is 6.03 Å². The highest BCUT2D eigenvalue weighted by Crippen LogP contribution is 2.60. The van der Waals surface area contributed by atoms with Gasteiger partial charge in [-0.05, 0) is 74.5 Å². The van der Waals surface area contributed by atoms with Gasteiger partial charge in [0.25, 0.3) is 0 Å². The van der Waals surface area contributed by atoms with Crippen LogP contribution >= 0.6 is 0 Å². The van der Waals surface area contributed by atoms with E-state index in [9.17, 15) is 4.79 Å². The third-order valence-electron chi connectivity index (χ3n) is 6.64. The molecule has 0 saturated heterocycles. The van der Waals surface area contributed by atoms with Crippen molar-refractivity contribution in [1.29, 1.82) is 0 Å². The van der Waals surface area contributed by atoms with Crippen LogP contribution in [-0.4, -0.2) is 18.6 Å². The smallest absolute Gasteiger partial charge is 0.315 e. The molecular weight excluding hydrogens is 236 g/mol. The number of fused-ring (bicyclic) bond motifs is 1. The Hall–Kier alpha value is -0.730. The molecule has 4 saturated carbocycles. The topological polar surface area (TPSA) is 41.1 Å². The quantitative estimate of drug-likeness (QED) is 0.806. The number of amides is 2. The molecule has 0 aromatic heterocycles. The predicted molar refractivity (Wildman–Crippen MR) is 74.8 cm³/mol. The van der Waals surface area contributed by atoms with Crippen molar-refractivity contribution in [3.8, 4) is 0 Å². The Bertz CT molecular complexity index is 357. The molecule has 4 aliphatic rings. The molecule has 2 N–H and O–H groups in total. The summed E-state index contributed by atoms with van der Waals surface area (Å²) in [5, 5.41) is 6.28. The Morgan fingerprint density at radius 3 is 2.21 bits per heavy atom. The summed E-state index contributed by atoms with van der Waals surface area (Å²) in [6.45, 7) is 0.915. The van der Waals surface area contributed by atoms with Gasteiger partial charge in [-0.2, -0.15) is 0 Å². The molecule has 4 fully saturated rings. The molecule has 1 spiro atoms. The van der Waals surface area contributed by atoms with Crippen LogP contribution in [0, 0.1) is 23.2 Å². The van der Waals surface area contributed by atoms with Gasteiger partial charge in [0.1, 0.15) is 0 Å². The second kappa shape index (κ2) is 4.39. The van der Waals surface area contributed by atoms with E-state index in [1.54, 1.807) is 0 Å². The van der Waals surface area contributed by atoms with Gasteiger partial charge in [0.05, 0.1) is 0 Å². The van der Waals surface area contributed by atoms with E-state index in [0.717, 1.165) is 24.3 Å². The van der Waals surface area contributed by atoms with Gasteiger partial charge in [0, 0.05) is 12.6 Å². The number of nitrogens with one attached hydrogen (secondary N) is 2. The van der Waals surface area contributed by atoms with E-state index in [1.165, 1.54) is 57.8 Å². The molecule has 19 heavy (non-hydrogen) atoms. The summed E-state index contributed by atoms with van der Waals surface area (Å²) in [4.78, 5) is 11.9. The first kappa shape index (κ1) is 12.0. The van der Waals surface area contributed by atoms with Crippen LogP contribution in [0.2, 0.25) is 0 Å². The van der Waals surface area contributed by atoms with Crippen molar-refractivity contribution in [1.82, 2.24) is 10.6 Å². The summed E-state index contributed by atoms with van der Waals surface area (Å²) >= 11 is 0. The lowest BCUT2D eigenvalue weighted by molar-refractivity contribution is 0.0657. The molecule has 106 valence electrons. The van der Waals surface area contributed by atoms with E-state index in [0.29, 0.717) is 11.5 Å². The first-order valence-corrected chi connectivity index (χ1v) is 8.30. The van der Waals surface area contributed by atoms with Gasteiger partial charge < -0.3 is 10.6 Å². The number of urea groups is 1. The molecule has 3 heteroatoms. The van der Waals surface area contributed by atoms with Crippen LogP contribution < -0.4 is 10.6 Å². The van der Waals surface area contributed by atoms with Crippen LogP contribution in [0.15, 0.2) is 0 Å². The summed E-state index contributed by atoms with van der Waals surface area (Å²) in [6.07, 6.45) is 12.2. The number of carbonyl (C=O) groups is 1. The molecule has 2 amide bonds. The SMILES string of the molecule is O=C(NCC1C2CCC21)NC1CCC2(CCC2)CC1. The molecule has 0 bridgehead atoms. The molecule has 2 unspecified atom stereocenters. The van der Waals surface area contributed by atoms with Gasteiger partial charge in [-0.15, -0.1) is 0 Å². The molecule has 0 aliphatic heterocycles. The average Bonchev–Trinajstić information content (AvgIpc) is 2.85. The van der Waals surface area contributed by atoms with Crippen molar-refractivity contribution < 1.29 is 4.79 Å². The minimum absolute atomic E-state index is 0.0841. The zero-order valence-electron chi connectivity index (χ0n) is 11.8. The van der Waals surface area contributed by atoms with Crippen molar-refractivity contribution in [2.75, 3.05) is 6.54 Å². The predicted octanol–water partition coefficient (Wildman–Crippen LogP) is 3.05. The lowest BCUT2D eigenvalue weighted by atomic mass is 9.60. The van der Waals surface area contributed by atoms with Gasteiger partial charge in [-0.3, -0.25) is 0 Å². The fourth-order valence-electron chi connectivity index (χ4n) is 4.81. The summed E-state index contributed by atoms with van der Waals surface area (Å²) < 4.78 is 0. The highest BCUT2D eigenvalue weighted by Gasteiger charge is 2.55. The Morgan fingerprint density at radius 1 is 1.00 bits per heavy atom. The second-order valence-corrected chi connectivity index (χ2v) is 7.55. The van der Waals surface area contributed by atoms with Crippen LogP contribution in [-0.2, 0) is 0 Å². The third-order valence-corrected chi connectivity index (χ3v) is 6.64. The van der Waals surface area contributed by atoms with E-state index in [-0.39, 0.29) is 6.03 Å². The van der Waals surface area contributed by atoms with Crippen LogP contribution in [0.5, 0.6) is 0 Å². The zero-order chi connectivity index (χ0) is 12.9. The Balaban J connectivity index is 1.16. The maximum Gasteiger partial charge on any atom is 0.315 e. The molecule has 4 aliphatic carbocycles. The van der Waals surface area contributed by atoms with Crippen molar-refractivity contribution >= 4 is 6.03 Å². The Labute approximate surface area is 115 Å². The fourth-order valence-corrected chi connectivity index (χ4v) is 4.81. The van der Waals surface area contributed by atoms with E-state index in [4.69, 9.17) is 0 Å². The standard InChI is InChI=1S/C16H26N2O/c19-15(17-10-14-12-2-3-13(12)14)18-11-4-8-16(9-5-11)6-1-7-16/h11-14H,1-10H2,(H2,17,18,19). The van der Waals surface area contributed by atoms with E-state index in [2.05, 4.69) is 10.6 Å². The summed E-state index contributed by atoms with van der Waals surface area (Å²) in [7, 11) is 0. The number of hydrogen-bond donors (Lipinski definition) is 2. The monoisotopic (exact) mass is 262 g/mol. The maximum absolute atomic E-state index is 11.9. The molecule has 3 nitrogen and oxygen atoms in total. The van der Waals surface area contributed by atoms with Crippen molar-refractivity contribution in [2.45, 2.75) is 63.8 Å². The van der Waals surface area contributed by atoms with Gasteiger partial charge in [0.15, 0.2) is 0 Å². The van der Waals surface area contributed by atoms with Crippen molar-refractivity contribution in [3.63, 3.8) is 0 Å². The molecule has 0 aromatic rings. The highest BCUT2D eigenvalue weighted by atomic mass is 16.2. The largest absolute Gasteiger partial charge is 0.338 e. The second-order valence-electron chi connectivity index (χ2n) is 7.55. The molecule has 0 heterocycles. The van der Waals surface area contributed by atoms with E-state index < -0.39 is 0 Å². The molecular formula is C16H26N2O. The summed E-state index contributed by atoms with van der Waals surface area (Å²) in [6, 6.07) is 0.517. The molecule has 2 atom stereocenters. The average molecular weight is 262 g/mol. The number of carbonyl (C=O) groups excluding carboxylic acids is 1. The number of hydrogen-bond acceptors (Lipinski definition) is 1. The van der Waals surface area contributed by atoms with Crippen LogP contribution in [0.3, 0.4) is 0 Å². The first-order chi connectivity index (χ1) is 9.26. The summed E-state index contributed by atoms with van der Waals surface area (Å²) in [5.41, 5.74) is 0.696. The normalized spacial score (nSPS) is 38.8. The van der Waals surface area contributed by atoms with Crippen LogP contribution in [0.1, 0.15) is 57.8 Å². The van der Waals surface area contributed by atoms with Crippen molar-refractivity contribution in [3.05, 3.63) is 0 Å². The maximum atomic E-state index is 11.9. The minimum Gasteiger partial charge on any atom is -0.338 e. The van der Waals surface area contributed by atoms with E-state index >= 15 is 0 Å².